The second-order valence-electron chi connectivity index (χ2n) is 13.1. The molecular formula is C32H49N5O2. The second kappa shape index (κ2) is 12.6. The van der Waals surface area contributed by atoms with Gasteiger partial charge in [0.15, 0.2) is 5.82 Å². The number of hydrogen-bond donors (Lipinski definition) is 2. The summed E-state index contributed by atoms with van der Waals surface area (Å²) in [4.78, 5) is 29.3. The Morgan fingerprint density at radius 3 is 2.51 bits per heavy atom. The fourth-order valence-corrected chi connectivity index (χ4v) is 6.03. The van der Waals surface area contributed by atoms with E-state index in [1.807, 2.05) is 24.6 Å². The smallest absolute Gasteiger partial charge is 0.225 e. The molecular weight excluding hydrogens is 486 g/mol. The molecule has 1 aliphatic rings. The molecule has 7 heteroatoms. The number of hydrogen-bond acceptors (Lipinski definition) is 5. The number of aromatic nitrogens is 3. The second-order valence-corrected chi connectivity index (χ2v) is 13.1. The predicted octanol–water partition coefficient (Wildman–Crippen LogP) is 7.07. The van der Waals surface area contributed by atoms with Crippen molar-refractivity contribution in [3.63, 3.8) is 0 Å². The number of carbonyl (C=O) groups is 1. The quantitative estimate of drug-likeness (QED) is 0.229. The van der Waals surface area contributed by atoms with Crippen molar-refractivity contribution >= 4 is 33.7 Å². The minimum atomic E-state index is -0.377. The van der Waals surface area contributed by atoms with E-state index in [1.54, 1.807) is 0 Å². The summed E-state index contributed by atoms with van der Waals surface area (Å²) in [6.45, 7) is 14.0. The summed E-state index contributed by atoms with van der Waals surface area (Å²) in [5.74, 6) is 1.95. The third-order valence-corrected chi connectivity index (χ3v) is 7.63. The molecule has 4 rings (SSSR count). The Morgan fingerprint density at radius 2 is 1.79 bits per heavy atom. The largest absolute Gasteiger partial charge is 0.412 e. The average molecular weight is 536 g/mol. The minimum Gasteiger partial charge on any atom is -0.412 e. The number of amides is 1. The van der Waals surface area contributed by atoms with Gasteiger partial charge in [-0.3, -0.25) is 4.79 Å². The van der Waals surface area contributed by atoms with Crippen LogP contribution in [-0.4, -0.2) is 39.8 Å². The molecule has 0 atom stereocenters. The number of unbranched alkanes of at least 4 members (excludes halogenated alkanes) is 2. The van der Waals surface area contributed by atoms with Gasteiger partial charge < -0.3 is 15.5 Å². The Hall–Kier alpha value is -2.83. The van der Waals surface area contributed by atoms with Gasteiger partial charge >= 0.3 is 0 Å². The molecule has 1 saturated carbocycles. The molecule has 0 spiro atoms. The number of carbonyl (C=O) groups excluding carboxylic acids is 1. The van der Waals surface area contributed by atoms with E-state index in [4.69, 9.17) is 14.8 Å². The van der Waals surface area contributed by atoms with E-state index in [9.17, 15) is 4.79 Å². The summed E-state index contributed by atoms with van der Waals surface area (Å²) in [5.41, 5.74) is 2.60. The maximum Gasteiger partial charge on any atom is 0.225 e. The van der Waals surface area contributed by atoms with E-state index in [2.05, 4.69) is 56.5 Å². The van der Waals surface area contributed by atoms with E-state index in [-0.39, 0.29) is 16.7 Å². The van der Waals surface area contributed by atoms with Crippen LogP contribution in [0.15, 0.2) is 24.3 Å². The zero-order valence-corrected chi connectivity index (χ0v) is 25.0. The van der Waals surface area contributed by atoms with E-state index in [0.29, 0.717) is 19.2 Å². The molecule has 7 nitrogen and oxygen atoms in total. The molecule has 3 aromatic rings. The number of aryl methyl sites for hydroxylation is 1. The first kappa shape index (κ1) is 29.2. The number of nitrogens with one attached hydrogen (secondary N) is 2. The summed E-state index contributed by atoms with van der Waals surface area (Å²) in [6, 6.07) is 8.74. The summed E-state index contributed by atoms with van der Waals surface area (Å²) in [7, 11) is 0. The molecule has 0 bridgehead atoms. The fourth-order valence-electron chi connectivity index (χ4n) is 6.03. The highest BCUT2D eigenvalue weighted by molar-refractivity contribution is 6.06. The van der Waals surface area contributed by atoms with Crippen LogP contribution in [0.25, 0.3) is 21.9 Å². The van der Waals surface area contributed by atoms with Gasteiger partial charge in [-0.1, -0.05) is 79.0 Å². The molecule has 0 unspecified atom stereocenters. The van der Waals surface area contributed by atoms with Crippen LogP contribution in [-0.2, 0) is 11.2 Å². The molecule has 1 amide bonds. The van der Waals surface area contributed by atoms with E-state index in [1.165, 1.54) is 25.7 Å². The highest BCUT2D eigenvalue weighted by atomic mass is 16.7. The zero-order chi connectivity index (χ0) is 28.0. The predicted molar refractivity (Wildman–Crippen MR) is 161 cm³/mol. The average Bonchev–Trinajstić information content (AvgIpc) is 3.51. The van der Waals surface area contributed by atoms with E-state index < -0.39 is 0 Å². The number of imidazole rings is 1. The van der Waals surface area contributed by atoms with Gasteiger partial charge in [-0.05, 0) is 50.0 Å². The van der Waals surface area contributed by atoms with Crippen LogP contribution >= 0.6 is 0 Å². The Kier molecular flexibility index (Phi) is 9.39. The number of pyridine rings is 1. The standard InChI is InChI=1S/C32H49N5O2/c1-7-8-19-26-36-27-28(24-17-11-12-18-25(24)35-29(27)34-23-15-9-10-16-23)37(26)39-21-14-13-20-33-30(38)32(5,6)22-31(2,3)4/h11-12,17-18,23H,7-10,13-16,19-22H2,1-6H3,(H,33,38)(H,34,35). The highest BCUT2D eigenvalue weighted by Crippen LogP contribution is 2.34. The van der Waals surface area contributed by atoms with Crippen molar-refractivity contribution in [3.05, 3.63) is 30.1 Å². The first-order valence-electron chi connectivity index (χ1n) is 15.1. The molecule has 2 heterocycles. The van der Waals surface area contributed by atoms with Crippen LogP contribution in [0.1, 0.15) is 105 Å². The Labute approximate surface area is 234 Å². The van der Waals surface area contributed by atoms with E-state index >= 15 is 0 Å². The van der Waals surface area contributed by atoms with Crippen molar-refractivity contribution < 1.29 is 9.63 Å². The number of rotatable bonds is 13. The first-order chi connectivity index (χ1) is 18.6. The molecule has 39 heavy (non-hydrogen) atoms. The van der Waals surface area contributed by atoms with Crippen molar-refractivity contribution in [2.24, 2.45) is 10.8 Å². The lowest BCUT2D eigenvalue weighted by Crippen LogP contribution is -2.39. The van der Waals surface area contributed by atoms with Crippen molar-refractivity contribution in [2.75, 3.05) is 18.5 Å². The molecule has 0 saturated heterocycles. The van der Waals surface area contributed by atoms with Gasteiger partial charge in [-0.25, -0.2) is 9.97 Å². The lowest BCUT2D eigenvalue weighted by molar-refractivity contribution is -0.130. The van der Waals surface area contributed by atoms with Crippen LogP contribution in [0.2, 0.25) is 0 Å². The lowest BCUT2D eigenvalue weighted by Gasteiger charge is -2.31. The lowest BCUT2D eigenvalue weighted by atomic mass is 9.76. The summed E-state index contributed by atoms with van der Waals surface area (Å²) in [5, 5.41) is 7.92. The fraction of sp³-hybridized carbons (Fsp3) is 0.656. The van der Waals surface area contributed by atoms with Crippen LogP contribution < -0.4 is 15.5 Å². The van der Waals surface area contributed by atoms with Crippen molar-refractivity contribution in [1.29, 1.82) is 0 Å². The molecule has 2 aromatic heterocycles. The van der Waals surface area contributed by atoms with Crippen molar-refractivity contribution in [2.45, 2.75) is 112 Å². The molecule has 0 aliphatic heterocycles. The van der Waals surface area contributed by atoms with Crippen molar-refractivity contribution in [3.8, 4) is 0 Å². The molecule has 214 valence electrons. The summed E-state index contributed by atoms with van der Waals surface area (Å²) >= 11 is 0. The van der Waals surface area contributed by atoms with Gasteiger partial charge in [-0.15, -0.1) is 0 Å². The van der Waals surface area contributed by atoms with Gasteiger partial charge in [0, 0.05) is 29.8 Å². The Bertz CT molecular complexity index is 1250. The van der Waals surface area contributed by atoms with Gasteiger partial charge in [0.2, 0.25) is 5.91 Å². The van der Waals surface area contributed by atoms with Gasteiger partial charge in [0.25, 0.3) is 0 Å². The topological polar surface area (TPSA) is 81.1 Å². The number of para-hydroxylation sites is 1. The highest BCUT2D eigenvalue weighted by Gasteiger charge is 2.32. The third kappa shape index (κ3) is 7.43. The maximum atomic E-state index is 12.8. The monoisotopic (exact) mass is 535 g/mol. The summed E-state index contributed by atoms with van der Waals surface area (Å²) < 4.78 is 1.97. The number of anilines is 1. The first-order valence-corrected chi connectivity index (χ1v) is 15.1. The van der Waals surface area contributed by atoms with E-state index in [0.717, 1.165) is 72.1 Å². The molecule has 0 radical (unpaired) electrons. The number of fused-ring (bicyclic) bond motifs is 3. The van der Waals surface area contributed by atoms with Crippen LogP contribution in [0, 0.1) is 10.8 Å². The normalized spacial score (nSPS) is 14.8. The van der Waals surface area contributed by atoms with Gasteiger partial charge in [0.1, 0.15) is 23.5 Å². The summed E-state index contributed by atoms with van der Waals surface area (Å²) in [6.07, 6.45) is 10.5. The Morgan fingerprint density at radius 1 is 1.05 bits per heavy atom. The molecule has 2 N–H and O–H groups in total. The van der Waals surface area contributed by atoms with Crippen LogP contribution in [0.3, 0.4) is 0 Å². The zero-order valence-electron chi connectivity index (χ0n) is 25.0. The molecule has 1 aliphatic carbocycles. The molecule has 1 aromatic carbocycles. The third-order valence-electron chi connectivity index (χ3n) is 7.63. The Balaban J connectivity index is 1.48. The van der Waals surface area contributed by atoms with Gasteiger partial charge in [-0.2, -0.15) is 4.73 Å². The van der Waals surface area contributed by atoms with Crippen LogP contribution in [0.5, 0.6) is 0 Å². The number of benzene rings is 1. The number of nitrogens with zero attached hydrogens (tertiary/aromatic N) is 3. The van der Waals surface area contributed by atoms with Crippen molar-refractivity contribution in [1.82, 2.24) is 20.0 Å². The molecule has 1 fully saturated rings. The minimum absolute atomic E-state index is 0.115. The van der Waals surface area contributed by atoms with Gasteiger partial charge in [0.05, 0.1) is 5.52 Å². The SMILES string of the molecule is CCCCc1nc2c(NC3CCCC3)nc3ccccc3c2n1OCCCCNC(=O)C(C)(C)CC(C)(C)C. The van der Waals surface area contributed by atoms with Crippen LogP contribution in [0.4, 0.5) is 5.82 Å². The maximum absolute atomic E-state index is 12.8.